The van der Waals surface area contributed by atoms with Crippen LogP contribution in [0.25, 0.3) is 12.2 Å². The fraction of sp³-hybridized carbons (Fsp3) is 0.182. The SMILES string of the molecule is CC(=O)N1C=Cc2cc(Br)ccc2[C@H]1[C@@H]1c2ccc(Br)cc2C=CN1C(C)=O. The molecule has 0 radical (unpaired) electrons. The molecule has 2 aromatic carbocycles. The molecule has 0 fully saturated rings. The maximum Gasteiger partial charge on any atom is 0.224 e. The lowest BCUT2D eigenvalue weighted by atomic mass is 9.83. The summed E-state index contributed by atoms with van der Waals surface area (Å²) in [4.78, 5) is 28.5. The summed E-state index contributed by atoms with van der Waals surface area (Å²) >= 11 is 7.05. The predicted octanol–water partition coefficient (Wildman–Crippen LogP) is 5.66. The average Bonchev–Trinajstić information content (AvgIpc) is 2.65. The number of amides is 2. The van der Waals surface area contributed by atoms with E-state index in [-0.39, 0.29) is 23.9 Å². The van der Waals surface area contributed by atoms with Gasteiger partial charge in [0.25, 0.3) is 0 Å². The Labute approximate surface area is 180 Å². The molecule has 0 unspecified atom stereocenters. The molecule has 4 nitrogen and oxygen atoms in total. The van der Waals surface area contributed by atoms with Crippen LogP contribution in [0.1, 0.15) is 48.2 Å². The van der Waals surface area contributed by atoms with Crippen LogP contribution in [-0.4, -0.2) is 21.6 Å². The van der Waals surface area contributed by atoms with E-state index in [2.05, 4.69) is 31.9 Å². The number of nitrogens with zero attached hydrogens (tertiary/aromatic N) is 2. The van der Waals surface area contributed by atoms with Gasteiger partial charge in [-0.05, 0) is 58.7 Å². The number of benzene rings is 2. The number of rotatable bonds is 1. The molecule has 142 valence electrons. The fourth-order valence-corrected chi connectivity index (χ4v) is 4.73. The van der Waals surface area contributed by atoms with Crippen LogP contribution in [0.5, 0.6) is 0 Å². The molecule has 2 aromatic rings. The maximum absolute atomic E-state index is 12.5. The molecule has 2 heterocycles. The minimum Gasteiger partial charge on any atom is -0.309 e. The minimum atomic E-state index is -0.320. The molecule has 0 saturated carbocycles. The smallest absolute Gasteiger partial charge is 0.224 e. The molecule has 0 spiro atoms. The lowest BCUT2D eigenvalue weighted by Gasteiger charge is -2.44. The van der Waals surface area contributed by atoms with E-state index < -0.39 is 0 Å². The molecule has 2 amide bonds. The highest BCUT2D eigenvalue weighted by atomic mass is 79.9. The van der Waals surface area contributed by atoms with Crippen molar-refractivity contribution in [3.63, 3.8) is 0 Å². The van der Waals surface area contributed by atoms with Gasteiger partial charge < -0.3 is 9.80 Å². The van der Waals surface area contributed by atoms with E-state index in [0.717, 1.165) is 31.2 Å². The summed E-state index contributed by atoms with van der Waals surface area (Å²) in [5.74, 6) is -0.127. The molecule has 0 bridgehead atoms. The van der Waals surface area contributed by atoms with Crippen LogP contribution in [0.2, 0.25) is 0 Å². The van der Waals surface area contributed by atoms with Crippen LogP contribution in [0.4, 0.5) is 0 Å². The van der Waals surface area contributed by atoms with Gasteiger partial charge in [-0.15, -0.1) is 0 Å². The zero-order valence-corrected chi connectivity index (χ0v) is 18.6. The molecule has 0 saturated heterocycles. The van der Waals surface area contributed by atoms with Crippen molar-refractivity contribution < 1.29 is 9.59 Å². The van der Waals surface area contributed by atoms with Gasteiger partial charge >= 0.3 is 0 Å². The topological polar surface area (TPSA) is 40.6 Å². The Morgan fingerprint density at radius 1 is 0.750 bits per heavy atom. The first kappa shape index (κ1) is 19.2. The number of hydrogen-bond donors (Lipinski definition) is 0. The lowest BCUT2D eigenvalue weighted by Crippen LogP contribution is -2.42. The van der Waals surface area contributed by atoms with E-state index in [0.29, 0.717) is 0 Å². The highest BCUT2D eigenvalue weighted by molar-refractivity contribution is 9.10. The standard InChI is InChI=1S/C22H18Br2N2O2/c1-13(27)25-9-7-15-11-17(23)3-5-19(15)21(25)22-20-6-4-18(24)12-16(20)8-10-26(22)14(2)28/h3-12,21-22H,1-2H3/t21-,22-/m0/s1. The fourth-order valence-electron chi connectivity index (χ4n) is 3.97. The van der Waals surface area contributed by atoms with E-state index in [1.165, 1.54) is 0 Å². The van der Waals surface area contributed by atoms with Gasteiger partial charge in [0.05, 0.1) is 12.1 Å². The van der Waals surface area contributed by atoms with Gasteiger partial charge in [0.2, 0.25) is 11.8 Å². The van der Waals surface area contributed by atoms with Crippen molar-refractivity contribution in [2.24, 2.45) is 0 Å². The number of fused-ring (bicyclic) bond motifs is 2. The summed E-state index contributed by atoms with van der Waals surface area (Å²) in [6.45, 7) is 3.11. The Kier molecular flexibility index (Phi) is 5.02. The third-order valence-corrected chi connectivity index (χ3v) is 6.18. The summed E-state index contributed by atoms with van der Waals surface area (Å²) in [6, 6.07) is 11.4. The second-order valence-corrected chi connectivity index (χ2v) is 8.75. The molecular weight excluding hydrogens is 484 g/mol. The quantitative estimate of drug-likeness (QED) is 0.505. The molecule has 0 N–H and O–H groups in total. The molecule has 0 aliphatic carbocycles. The van der Waals surface area contributed by atoms with E-state index >= 15 is 0 Å². The van der Waals surface area contributed by atoms with Crippen molar-refractivity contribution in [1.82, 2.24) is 9.80 Å². The lowest BCUT2D eigenvalue weighted by molar-refractivity contribution is -0.134. The molecule has 2 aliphatic heterocycles. The van der Waals surface area contributed by atoms with Crippen molar-refractivity contribution >= 4 is 55.8 Å². The Bertz CT molecular complexity index is 961. The van der Waals surface area contributed by atoms with Crippen LogP contribution in [0.3, 0.4) is 0 Å². The zero-order chi connectivity index (χ0) is 20.0. The van der Waals surface area contributed by atoms with Gasteiger partial charge in [0, 0.05) is 35.2 Å². The summed E-state index contributed by atoms with van der Waals surface area (Å²) in [6.07, 6.45) is 7.52. The van der Waals surface area contributed by atoms with Crippen molar-refractivity contribution in [2.75, 3.05) is 0 Å². The van der Waals surface area contributed by atoms with Crippen molar-refractivity contribution in [1.29, 1.82) is 0 Å². The Morgan fingerprint density at radius 3 is 1.50 bits per heavy atom. The third-order valence-electron chi connectivity index (χ3n) is 5.19. The van der Waals surface area contributed by atoms with E-state index in [9.17, 15) is 9.59 Å². The maximum atomic E-state index is 12.5. The molecule has 28 heavy (non-hydrogen) atoms. The minimum absolute atomic E-state index is 0.0634. The van der Waals surface area contributed by atoms with Crippen LogP contribution in [0.15, 0.2) is 57.7 Å². The normalized spacial score (nSPS) is 20.0. The van der Waals surface area contributed by atoms with Gasteiger partial charge in [-0.25, -0.2) is 0 Å². The first-order chi connectivity index (χ1) is 13.4. The zero-order valence-electron chi connectivity index (χ0n) is 15.4. The van der Waals surface area contributed by atoms with E-state index in [4.69, 9.17) is 0 Å². The Morgan fingerprint density at radius 2 is 1.14 bits per heavy atom. The third kappa shape index (κ3) is 3.25. The highest BCUT2D eigenvalue weighted by Gasteiger charge is 2.40. The summed E-state index contributed by atoms with van der Waals surface area (Å²) < 4.78 is 1.95. The Hall–Kier alpha value is -2.18. The van der Waals surface area contributed by atoms with Gasteiger partial charge in [-0.3, -0.25) is 9.59 Å². The van der Waals surface area contributed by atoms with Gasteiger partial charge in [-0.1, -0.05) is 44.0 Å². The first-order valence-electron chi connectivity index (χ1n) is 8.90. The number of halogens is 2. The molecule has 0 aromatic heterocycles. The van der Waals surface area contributed by atoms with Gasteiger partial charge in [-0.2, -0.15) is 0 Å². The van der Waals surface area contributed by atoms with Crippen molar-refractivity contribution in [3.05, 3.63) is 80.0 Å². The first-order valence-corrected chi connectivity index (χ1v) is 10.5. The van der Waals surface area contributed by atoms with E-state index in [1.807, 2.05) is 61.0 Å². The molecular formula is C22H18Br2N2O2. The molecule has 6 heteroatoms. The second kappa shape index (κ2) is 7.33. The molecule has 4 rings (SSSR count). The Balaban J connectivity index is 1.95. The molecule has 2 atom stereocenters. The number of hydrogen-bond acceptors (Lipinski definition) is 2. The summed E-state index contributed by atoms with van der Waals surface area (Å²) in [7, 11) is 0. The second-order valence-electron chi connectivity index (χ2n) is 6.92. The number of carbonyl (C=O) groups excluding carboxylic acids is 2. The van der Waals surface area contributed by atoms with Crippen molar-refractivity contribution in [3.8, 4) is 0 Å². The largest absolute Gasteiger partial charge is 0.309 e. The van der Waals surface area contributed by atoms with Crippen LogP contribution in [-0.2, 0) is 9.59 Å². The predicted molar refractivity (Wildman–Crippen MR) is 117 cm³/mol. The number of carbonyl (C=O) groups is 2. The summed E-state index contributed by atoms with van der Waals surface area (Å²) in [5.41, 5.74) is 4.10. The van der Waals surface area contributed by atoms with Crippen LogP contribution in [0, 0.1) is 0 Å². The summed E-state index contributed by atoms with van der Waals surface area (Å²) in [5, 5.41) is 0. The van der Waals surface area contributed by atoms with Crippen LogP contribution >= 0.6 is 31.9 Å². The molecule has 2 aliphatic rings. The van der Waals surface area contributed by atoms with Crippen LogP contribution < -0.4 is 0 Å². The monoisotopic (exact) mass is 500 g/mol. The van der Waals surface area contributed by atoms with Gasteiger partial charge in [0.1, 0.15) is 0 Å². The average molecular weight is 502 g/mol. The highest BCUT2D eigenvalue weighted by Crippen LogP contribution is 2.46. The van der Waals surface area contributed by atoms with E-state index in [1.54, 1.807) is 23.6 Å². The van der Waals surface area contributed by atoms with Gasteiger partial charge in [0.15, 0.2) is 0 Å². The van der Waals surface area contributed by atoms with Crippen molar-refractivity contribution in [2.45, 2.75) is 25.9 Å².